The second-order valence-electron chi connectivity index (χ2n) is 7.64. The van der Waals surface area contributed by atoms with Crippen LogP contribution in [-0.4, -0.2) is 21.1 Å². The van der Waals surface area contributed by atoms with Crippen molar-refractivity contribution >= 4 is 44.9 Å². The molecular formula is C22H25N3OS2. The average Bonchev–Trinajstić information content (AvgIpc) is 3.17. The van der Waals surface area contributed by atoms with Crippen molar-refractivity contribution in [2.45, 2.75) is 64.2 Å². The van der Waals surface area contributed by atoms with Crippen LogP contribution in [0.3, 0.4) is 0 Å². The molecule has 0 bridgehead atoms. The van der Waals surface area contributed by atoms with E-state index in [1.54, 1.807) is 23.1 Å². The fraction of sp³-hybridized carbons (Fsp3) is 0.409. The highest BCUT2D eigenvalue weighted by Gasteiger charge is 2.25. The van der Waals surface area contributed by atoms with Crippen LogP contribution in [0.2, 0.25) is 0 Å². The van der Waals surface area contributed by atoms with E-state index < -0.39 is 0 Å². The average molecular weight is 412 g/mol. The molecule has 1 aliphatic carbocycles. The smallest absolute Gasteiger partial charge is 0.237 e. The van der Waals surface area contributed by atoms with Crippen LogP contribution in [-0.2, 0) is 17.6 Å². The molecule has 0 radical (unpaired) electrons. The van der Waals surface area contributed by atoms with Crippen LogP contribution < -0.4 is 5.32 Å². The molecule has 6 heteroatoms. The van der Waals surface area contributed by atoms with Gasteiger partial charge in [0.15, 0.2) is 0 Å². The van der Waals surface area contributed by atoms with E-state index in [4.69, 9.17) is 4.98 Å². The highest BCUT2D eigenvalue weighted by Crippen LogP contribution is 2.41. The number of carbonyl (C=O) groups is 1. The third-order valence-corrected chi connectivity index (χ3v) is 7.50. The van der Waals surface area contributed by atoms with Gasteiger partial charge in [0.1, 0.15) is 15.7 Å². The van der Waals surface area contributed by atoms with Crippen molar-refractivity contribution in [3.05, 3.63) is 45.1 Å². The Morgan fingerprint density at radius 3 is 2.57 bits per heavy atom. The predicted molar refractivity (Wildman–Crippen MR) is 119 cm³/mol. The van der Waals surface area contributed by atoms with E-state index in [0.717, 1.165) is 45.3 Å². The fourth-order valence-corrected chi connectivity index (χ4v) is 6.37. The molecule has 0 spiro atoms. The summed E-state index contributed by atoms with van der Waals surface area (Å²) in [4.78, 5) is 24.8. The molecule has 0 fully saturated rings. The predicted octanol–water partition coefficient (Wildman–Crippen LogP) is 5.53. The zero-order valence-corrected chi connectivity index (χ0v) is 18.6. The summed E-state index contributed by atoms with van der Waals surface area (Å²) in [6.45, 7) is 10.0. The first-order valence-electron chi connectivity index (χ1n) is 9.67. The second kappa shape index (κ2) is 7.48. The quantitative estimate of drug-likeness (QED) is 0.453. The lowest BCUT2D eigenvalue weighted by Crippen LogP contribution is -2.23. The summed E-state index contributed by atoms with van der Waals surface area (Å²) in [6.07, 6.45) is 3.44. The molecule has 2 heterocycles. The minimum absolute atomic E-state index is 0.0105. The van der Waals surface area contributed by atoms with Gasteiger partial charge in [0.25, 0.3) is 0 Å². The molecular weight excluding hydrogens is 386 g/mol. The van der Waals surface area contributed by atoms with Crippen molar-refractivity contribution in [1.82, 2.24) is 9.97 Å². The number of hydrogen-bond donors (Lipinski definition) is 1. The molecule has 0 aliphatic heterocycles. The Morgan fingerprint density at radius 2 is 1.86 bits per heavy atom. The minimum atomic E-state index is -0.241. The zero-order chi connectivity index (χ0) is 20.0. The molecule has 0 unspecified atom stereocenters. The molecule has 1 atom stereocenters. The van der Waals surface area contributed by atoms with Crippen LogP contribution in [0, 0.1) is 27.7 Å². The maximum Gasteiger partial charge on any atom is 0.237 e. The molecule has 2 aromatic heterocycles. The number of hydrogen-bond acceptors (Lipinski definition) is 5. The number of aromatic nitrogens is 2. The van der Waals surface area contributed by atoms with E-state index in [0.29, 0.717) is 0 Å². The lowest BCUT2D eigenvalue weighted by molar-refractivity contribution is -0.115. The molecule has 1 amide bonds. The first kappa shape index (κ1) is 19.4. The Balaban J connectivity index is 1.60. The number of rotatable bonds is 4. The molecule has 3 aromatic rings. The van der Waals surface area contributed by atoms with Crippen molar-refractivity contribution in [1.29, 1.82) is 0 Å². The number of fused-ring (bicyclic) bond motifs is 3. The van der Waals surface area contributed by atoms with Gasteiger partial charge < -0.3 is 5.32 Å². The van der Waals surface area contributed by atoms with E-state index in [2.05, 4.69) is 29.4 Å². The highest BCUT2D eigenvalue weighted by atomic mass is 32.2. The summed E-state index contributed by atoms with van der Waals surface area (Å²) >= 11 is 3.34. The third-order valence-electron chi connectivity index (χ3n) is 5.23. The van der Waals surface area contributed by atoms with Crippen LogP contribution >= 0.6 is 23.1 Å². The summed E-state index contributed by atoms with van der Waals surface area (Å²) < 4.78 is 0. The molecule has 4 nitrogen and oxygen atoms in total. The van der Waals surface area contributed by atoms with Crippen LogP contribution in [0.4, 0.5) is 5.69 Å². The van der Waals surface area contributed by atoms with E-state index in [1.807, 2.05) is 27.7 Å². The Bertz CT molecular complexity index is 1060. The van der Waals surface area contributed by atoms with Gasteiger partial charge in [0, 0.05) is 16.0 Å². The Hall–Kier alpha value is -1.92. The Labute approximate surface area is 174 Å². The minimum Gasteiger partial charge on any atom is -0.325 e. The number of thiophene rings is 1. The van der Waals surface area contributed by atoms with E-state index in [9.17, 15) is 4.79 Å². The summed E-state index contributed by atoms with van der Waals surface area (Å²) in [6, 6.07) is 4.21. The van der Waals surface area contributed by atoms with E-state index >= 15 is 0 Å². The van der Waals surface area contributed by atoms with Gasteiger partial charge in [-0.05, 0) is 70.6 Å². The summed E-state index contributed by atoms with van der Waals surface area (Å²) in [5, 5.41) is 5.02. The van der Waals surface area contributed by atoms with Gasteiger partial charge in [0.2, 0.25) is 5.91 Å². The van der Waals surface area contributed by atoms with Crippen molar-refractivity contribution in [3.8, 4) is 0 Å². The zero-order valence-electron chi connectivity index (χ0n) is 17.0. The lowest BCUT2D eigenvalue weighted by atomic mass is 10.1. The maximum atomic E-state index is 12.9. The molecule has 0 saturated heterocycles. The summed E-state index contributed by atoms with van der Waals surface area (Å²) in [5.74, 6) is 0.782. The summed E-state index contributed by atoms with van der Waals surface area (Å²) in [7, 11) is 0. The van der Waals surface area contributed by atoms with Crippen molar-refractivity contribution in [2.75, 3.05) is 5.32 Å². The van der Waals surface area contributed by atoms with Gasteiger partial charge in [-0.3, -0.25) is 4.79 Å². The number of nitrogens with one attached hydrogen (secondary N) is 1. The number of amides is 1. The molecule has 28 heavy (non-hydrogen) atoms. The maximum absolute atomic E-state index is 12.9. The molecule has 1 N–H and O–H groups in total. The van der Waals surface area contributed by atoms with Crippen molar-refractivity contribution in [3.63, 3.8) is 0 Å². The van der Waals surface area contributed by atoms with Crippen molar-refractivity contribution < 1.29 is 4.79 Å². The molecule has 0 saturated carbocycles. The number of anilines is 1. The largest absolute Gasteiger partial charge is 0.325 e. The topological polar surface area (TPSA) is 54.9 Å². The van der Waals surface area contributed by atoms with Gasteiger partial charge in [-0.15, -0.1) is 11.3 Å². The van der Waals surface area contributed by atoms with Gasteiger partial charge in [-0.1, -0.05) is 29.5 Å². The van der Waals surface area contributed by atoms with Gasteiger partial charge in [-0.2, -0.15) is 0 Å². The van der Waals surface area contributed by atoms with Crippen LogP contribution in [0.25, 0.3) is 10.2 Å². The van der Waals surface area contributed by atoms with E-state index in [1.165, 1.54) is 27.8 Å². The van der Waals surface area contributed by atoms with Gasteiger partial charge >= 0.3 is 0 Å². The second-order valence-corrected chi connectivity index (χ2v) is 10.0. The molecule has 146 valence electrons. The number of benzene rings is 1. The number of aryl methyl sites for hydroxylation is 6. The Morgan fingerprint density at radius 1 is 1.14 bits per heavy atom. The first-order chi connectivity index (χ1) is 13.3. The summed E-state index contributed by atoms with van der Waals surface area (Å²) in [5.41, 5.74) is 5.72. The standard InChI is InChI=1S/C22H25N3OS2/c1-11-9-12(2)19(13(3)10-11)25-20(26)14(4)27-21-18-16-7-6-8-17(16)28-22(18)24-15(5)23-21/h9-10,14H,6-8H2,1-5H3,(H,25,26)/t14-/m1/s1. The third kappa shape index (κ3) is 3.55. The number of nitrogens with zero attached hydrogens (tertiary/aromatic N) is 2. The monoisotopic (exact) mass is 411 g/mol. The lowest BCUT2D eigenvalue weighted by Gasteiger charge is -2.16. The first-order valence-corrected chi connectivity index (χ1v) is 11.4. The van der Waals surface area contributed by atoms with Crippen LogP contribution in [0.15, 0.2) is 17.2 Å². The van der Waals surface area contributed by atoms with Crippen LogP contribution in [0.5, 0.6) is 0 Å². The number of carbonyl (C=O) groups excluding carboxylic acids is 1. The van der Waals surface area contributed by atoms with Crippen LogP contribution in [0.1, 0.15) is 46.3 Å². The number of thioether (sulfide) groups is 1. The fourth-order valence-electron chi connectivity index (χ4n) is 3.97. The van der Waals surface area contributed by atoms with Crippen molar-refractivity contribution in [2.24, 2.45) is 0 Å². The molecule has 4 rings (SSSR count). The normalized spacial score (nSPS) is 14.3. The van der Waals surface area contributed by atoms with Gasteiger partial charge in [-0.25, -0.2) is 9.97 Å². The SMILES string of the molecule is Cc1cc(C)c(NC(=O)[C@@H](C)Sc2nc(C)nc3sc4c(c23)CCC4)c(C)c1. The van der Waals surface area contributed by atoms with E-state index in [-0.39, 0.29) is 11.2 Å². The molecule has 1 aliphatic rings. The van der Waals surface area contributed by atoms with Gasteiger partial charge in [0.05, 0.1) is 5.25 Å². The highest BCUT2D eigenvalue weighted by molar-refractivity contribution is 8.00. The Kier molecular flexibility index (Phi) is 5.19. The molecule has 1 aromatic carbocycles.